The average Bonchev–Trinajstić information content (AvgIpc) is 3.32. The highest BCUT2D eigenvalue weighted by Gasteiger charge is 2.29. The van der Waals surface area contributed by atoms with Gasteiger partial charge in [0.2, 0.25) is 0 Å². The molecule has 1 saturated heterocycles. The molecule has 2 unspecified atom stereocenters. The fourth-order valence-corrected chi connectivity index (χ4v) is 4.05. The molecule has 1 aliphatic carbocycles. The molecule has 0 radical (unpaired) electrons. The smallest absolute Gasteiger partial charge is 0.408 e. The number of amides is 1. The molecular weight excluding hydrogens is 338 g/mol. The molecule has 1 heterocycles. The fourth-order valence-electron chi connectivity index (χ4n) is 4.05. The van der Waals surface area contributed by atoms with E-state index in [1.165, 1.54) is 22.3 Å². The SMILES string of the molecule is C#CC(CC1CCOC1)NC(=O)OCC1c2ccccc2-c2ccccc21. The van der Waals surface area contributed by atoms with Crippen LogP contribution in [0.3, 0.4) is 0 Å². The summed E-state index contributed by atoms with van der Waals surface area (Å²) in [5.74, 6) is 3.11. The molecule has 2 aromatic rings. The zero-order valence-corrected chi connectivity index (χ0v) is 15.2. The van der Waals surface area contributed by atoms with Crippen LogP contribution in [0.5, 0.6) is 0 Å². The Bertz CT molecular complexity index is 818. The van der Waals surface area contributed by atoms with Gasteiger partial charge in [0.1, 0.15) is 6.61 Å². The maximum Gasteiger partial charge on any atom is 0.408 e. The van der Waals surface area contributed by atoms with Crippen molar-refractivity contribution in [2.24, 2.45) is 5.92 Å². The van der Waals surface area contributed by atoms with E-state index in [0.29, 0.717) is 19.1 Å². The quantitative estimate of drug-likeness (QED) is 0.820. The number of alkyl carbamates (subject to hydrolysis) is 1. The lowest BCUT2D eigenvalue weighted by molar-refractivity contribution is 0.139. The Labute approximate surface area is 159 Å². The lowest BCUT2D eigenvalue weighted by Crippen LogP contribution is -2.36. The van der Waals surface area contributed by atoms with Gasteiger partial charge in [0.15, 0.2) is 0 Å². The number of fused-ring (bicyclic) bond motifs is 3. The van der Waals surface area contributed by atoms with Gasteiger partial charge in [0, 0.05) is 19.1 Å². The lowest BCUT2D eigenvalue weighted by Gasteiger charge is -2.18. The van der Waals surface area contributed by atoms with E-state index in [0.717, 1.165) is 19.4 Å². The summed E-state index contributed by atoms with van der Waals surface area (Å²) in [4.78, 5) is 12.3. The second-order valence-corrected chi connectivity index (χ2v) is 7.15. The molecule has 1 aliphatic heterocycles. The molecule has 2 aliphatic rings. The van der Waals surface area contributed by atoms with E-state index in [4.69, 9.17) is 15.9 Å². The largest absolute Gasteiger partial charge is 0.449 e. The van der Waals surface area contributed by atoms with Gasteiger partial charge in [-0.25, -0.2) is 4.79 Å². The van der Waals surface area contributed by atoms with E-state index in [2.05, 4.69) is 35.5 Å². The highest BCUT2D eigenvalue weighted by atomic mass is 16.5. The van der Waals surface area contributed by atoms with E-state index in [1.54, 1.807) is 0 Å². The van der Waals surface area contributed by atoms with Gasteiger partial charge in [0.05, 0.1) is 6.04 Å². The molecule has 4 heteroatoms. The van der Waals surface area contributed by atoms with Crippen LogP contribution in [0.4, 0.5) is 4.79 Å². The van der Waals surface area contributed by atoms with Crippen LogP contribution in [-0.2, 0) is 9.47 Å². The van der Waals surface area contributed by atoms with E-state index in [-0.39, 0.29) is 12.0 Å². The summed E-state index contributed by atoms with van der Waals surface area (Å²) in [6, 6.07) is 16.2. The third kappa shape index (κ3) is 3.70. The second-order valence-electron chi connectivity index (χ2n) is 7.15. The van der Waals surface area contributed by atoms with Crippen molar-refractivity contribution in [2.45, 2.75) is 24.8 Å². The first-order valence-electron chi connectivity index (χ1n) is 9.41. The molecule has 2 atom stereocenters. The summed E-state index contributed by atoms with van der Waals surface area (Å²) in [5.41, 5.74) is 4.82. The van der Waals surface area contributed by atoms with Crippen LogP contribution in [0.1, 0.15) is 29.9 Å². The van der Waals surface area contributed by atoms with Crippen LogP contribution in [0.25, 0.3) is 11.1 Å². The Morgan fingerprint density at radius 3 is 2.44 bits per heavy atom. The second kappa shape index (κ2) is 7.85. The van der Waals surface area contributed by atoms with E-state index in [1.807, 2.05) is 24.3 Å². The topological polar surface area (TPSA) is 47.6 Å². The van der Waals surface area contributed by atoms with Crippen molar-refractivity contribution >= 4 is 6.09 Å². The number of hydrogen-bond donors (Lipinski definition) is 1. The summed E-state index contributed by atoms with van der Waals surface area (Å²) in [5, 5.41) is 2.81. The monoisotopic (exact) mass is 361 g/mol. The van der Waals surface area contributed by atoms with Crippen LogP contribution in [0.15, 0.2) is 48.5 Å². The summed E-state index contributed by atoms with van der Waals surface area (Å²) >= 11 is 0. The number of benzene rings is 2. The fraction of sp³-hybridized carbons (Fsp3) is 0.348. The van der Waals surface area contributed by atoms with Crippen LogP contribution in [0.2, 0.25) is 0 Å². The summed E-state index contributed by atoms with van der Waals surface area (Å²) in [6.45, 7) is 1.78. The summed E-state index contributed by atoms with van der Waals surface area (Å²) in [7, 11) is 0. The number of carbonyl (C=O) groups excluding carboxylic acids is 1. The van der Waals surface area contributed by atoms with Gasteiger partial charge >= 0.3 is 6.09 Å². The van der Waals surface area contributed by atoms with Gasteiger partial charge in [-0.3, -0.25) is 0 Å². The number of ether oxygens (including phenoxy) is 2. The predicted octanol–water partition coefficient (Wildman–Crippen LogP) is 3.95. The molecule has 1 fully saturated rings. The highest BCUT2D eigenvalue weighted by Crippen LogP contribution is 2.44. The maximum absolute atomic E-state index is 12.3. The minimum atomic E-state index is -0.460. The third-order valence-corrected chi connectivity index (χ3v) is 5.43. The summed E-state index contributed by atoms with van der Waals surface area (Å²) < 4.78 is 10.9. The van der Waals surface area contributed by atoms with Crippen LogP contribution >= 0.6 is 0 Å². The first-order chi connectivity index (χ1) is 13.3. The Hall–Kier alpha value is -2.77. The number of carbonyl (C=O) groups is 1. The van der Waals surface area contributed by atoms with Gasteiger partial charge in [-0.2, -0.15) is 0 Å². The molecule has 0 spiro atoms. The zero-order chi connectivity index (χ0) is 18.6. The van der Waals surface area contributed by atoms with Crippen molar-refractivity contribution in [3.63, 3.8) is 0 Å². The number of hydrogen-bond acceptors (Lipinski definition) is 3. The van der Waals surface area contributed by atoms with Gasteiger partial charge in [0.25, 0.3) is 0 Å². The normalized spacial score (nSPS) is 19.0. The van der Waals surface area contributed by atoms with Crippen molar-refractivity contribution in [3.8, 4) is 23.5 Å². The van der Waals surface area contributed by atoms with Crippen molar-refractivity contribution in [1.82, 2.24) is 5.32 Å². The molecule has 1 N–H and O–H groups in total. The maximum atomic E-state index is 12.3. The molecule has 27 heavy (non-hydrogen) atoms. The summed E-state index contributed by atoms with van der Waals surface area (Å²) in [6.07, 6.45) is 6.84. The molecule has 4 nitrogen and oxygen atoms in total. The molecule has 4 rings (SSSR count). The number of rotatable bonds is 5. The third-order valence-electron chi connectivity index (χ3n) is 5.43. The minimum absolute atomic E-state index is 0.0515. The predicted molar refractivity (Wildman–Crippen MR) is 104 cm³/mol. The van der Waals surface area contributed by atoms with Gasteiger partial charge in [-0.05, 0) is 41.0 Å². The zero-order valence-electron chi connectivity index (χ0n) is 15.2. The number of terminal acetylenes is 1. The average molecular weight is 361 g/mol. The van der Waals surface area contributed by atoms with Crippen LogP contribution in [-0.4, -0.2) is 32.0 Å². The minimum Gasteiger partial charge on any atom is -0.449 e. The van der Waals surface area contributed by atoms with Gasteiger partial charge in [-0.15, -0.1) is 6.42 Å². The first kappa shape index (κ1) is 17.6. The Morgan fingerprint density at radius 2 is 1.85 bits per heavy atom. The van der Waals surface area contributed by atoms with Crippen molar-refractivity contribution in [2.75, 3.05) is 19.8 Å². The van der Waals surface area contributed by atoms with Crippen LogP contribution < -0.4 is 5.32 Å². The highest BCUT2D eigenvalue weighted by molar-refractivity contribution is 5.79. The Kier molecular flexibility index (Phi) is 5.13. The van der Waals surface area contributed by atoms with E-state index < -0.39 is 6.09 Å². The Morgan fingerprint density at radius 1 is 1.19 bits per heavy atom. The lowest BCUT2D eigenvalue weighted by atomic mass is 9.98. The number of nitrogens with one attached hydrogen (secondary N) is 1. The van der Waals surface area contributed by atoms with E-state index >= 15 is 0 Å². The standard InChI is InChI=1S/C23H23NO3/c1-2-17(13-16-11-12-26-14-16)24-23(25)27-15-22-20-9-5-3-7-18(20)19-8-4-6-10-21(19)22/h1,3-10,16-17,22H,11-15H2,(H,24,25). The molecule has 2 aromatic carbocycles. The van der Waals surface area contributed by atoms with Gasteiger partial charge in [-0.1, -0.05) is 54.5 Å². The Balaban J connectivity index is 1.39. The van der Waals surface area contributed by atoms with Crippen molar-refractivity contribution in [3.05, 3.63) is 59.7 Å². The molecular formula is C23H23NO3. The first-order valence-corrected chi connectivity index (χ1v) is 9.41. The van der Waals surface area contributed by atoms with Crippen LogP contribution in [0, 0.1) is 18.3 Å². The molecule has 138 valence electrons. The molecule has 0 saturated carbocycles. The molecule has 0 aromatic heterocycles. The van der Waals surface area contributed by atoms with Crippen molar-refractivity contribution < 1.29 is 14.3 Å². The van der Waals surface area contributed by atoms with E-state index in [9.17, 15) is 4.79 Å². The van der Waals surface area contributed by atoms with Crippen molar-refractivity contribution in [1.29, 1.82) is 0 Å². The molecule has 0 bridgehead atoms. The molecule has 1 amide bonds. The van der Waals surface area contributed by atoms with Gasteiger partial charge < -0.3 is 14.8 Å².